The second-order valence-corrected chi connectivity index (χ2v) is 8.58. The smallest absolute Gasteiger partial charge is 0.305 e. The van der Waals surface area contributed by atoms with E-state index in [1.165, 1.54) is 23.8 Å². The molecule has 0 radical (unpaired) electrons. The zero-order valence-corrected chi connectivity index (χ0v) is 18.7. The molecule has 0 aromatic heterocycles. The predicted molar refractivity (Wildman–Crippen MR) is 123 cm³/mol. The molecule has 3 rings (SSSR count). The van der Waals surface area contributed by atoms with E-state index < -0.39 is 0 Å². The van der Waals surface area contributed by atoms with Crippen LogP contribution in [0.1, 0.15) is 24.0 Å². The summed E-state index contributed by atoms with van der Waals surface area (Å²) in [6.45, 7) is 0.766. The Kier molecular flexibility index (Phi) is 7.90. The second kappa shape index (κ2) is 10.6. The lowest BCUT2D eigenvalue weighted by Crippen LogP contribution is -2.29. The summed E-state index contributed by atoms with van der Waals surface area (Å²) in [5, 5.41) is 0.674. The van der Waals surface area contributed by atoms with E-state index in [0.717, 1.165) is 11.1 Å². The summed E-state index contributed by atoms with van der Waals surface area (Å²) < 4.78 is 11.1. The van der Waals surface area contributed by atoms with Crippen LogP contribution < -0.4 is 4.74 Å². The molecule has 30 heavy (non-hydrogen) atoms. The van der Waals surface area contributed by atoms with Crippen molar-refractivity contribution in [1.29, 1.82) is 0 Å². The molecule has 156 valence electrons. The van der Waals surface area contributed by atoms with Crippen LogP contribution >= 0.6 is 35.6 Å². The molecule has 1 heterocycles. The number of amides is 1. The molecule has 5 nitrogen and oxygen atoms in total. The van der Waals surface area contributed by atoms with E-state index in [9.17, 15) is 9.59 Å². The van der Waals surface area contributed by atoms with Crippen LogP contribution in [0.25, 0.3) is 6.08 Å². The van der Waals surface area contributed by atoms with Crippen molar-refractivity contribution in [3.63, 3.8) is 0 Å². The number of ether oxygens (including phenoxy) is 2. The van der Waals surface area contributed by atoms with E-state index in [0.29, 0.717) is 39.6 Å². The van der Waals surface area contributed by atoms with Crippen molar-refractivity contribution in [3.05, 3.63) is 69.6 Å². The number of esters is 1. The van der Waals surface area contributed by atoms with Crippen LogP contribution in [-0.2, 0) is 20.9 Å². The maximum atomic E-state index is 12.8. The van der Waals surface area contributed by atoms with E-state index in [4.69, 9.17) is 28.6 Å². The molecule has 1 aliphatic rings. The van der Waals surface area contributed by atoms with E-state index in [-0.39, 0.29) is 18.3 Å². The zero-order chi connectivity index (χ0) is 21.5. The molecule has 0 bridgehead atoms. The maximum absolute atomic E-state index is 12.8. The fourth-order valence-electron chi connectivity index (χ4n) is 2.79. The first-order valence-corrected chi connectivity index (χ1v) is 10.9. The largest absolute Gasteiger partial charge is 0.488 e. The van der Waals surface area contributed by atoms with Gasteiger partial charge < -0.3 is 9.47 Å². The minimum atomic E-state index is -0.303. The summed E-state index contributed by atoms with van der Waals surface area (Å²) in [5.74, 6) is 0.202. The Morgan fingerprint density at radius 3 is 2.67 bits per heavy atom. The summed E-state index contributed by atoms with van der Waals surface area (Å²) in [6, 6.07) is 15.0. The summed E-state index contributed by atoms with van der Waals surface area (Å²) in [7, 11) is 1.34. The molecule has 1 saturated heterocycles. The Balaban J connectivity index is 1.69. The monoisotopic (exact) mass is 461 g/mol. The molecule has 0 atom stereocenters. The van der Waals surface area contributed by atoms with Crippen molar-refractivity contribution in [3.8, 4) is 5.75 Å². The number of thiocarbonyl (C=S) groups is 1. The van der Waals surface area contributed by atoms with Crippen molar-refractivity contribution in [1.82, 2.24) is 4.90 Å². The highest BCUT2D eigenvalue weighted by atomic mass is 35.5. The highest BCUT2D eigenvalue weighted by Gasteiger charge is 2.31. The van der Waals surface area contributed by atoms with Crippen molar-refractivity contribution >= 4 is 57.9 Å². The number of hydrogen-bond acceptors (Lipinski definition) is 6. The number of carbonyl (C=O) groups is 2. The number of hydrogen-bond donors (Lipinski definition) is 0. The van der Waals surface area contributed by atoms with Crippen LogP contribution in [0, 0.1) is 0 Å². The molecule has 1 amide bonds. The summed E-state index contributed by atoms with van der Waals surface area (Å²) in [4.78, 5) is 26.1. The van der Waals surface area contributed by atoms with Gasteiger partial charge in [0.2, 0.25) is 0 Å². The van der Waals surface area contributed by atoms with Crippen LogP contribution in [0.3, 0.4) is 0 Å². The topological polar surface area (TPSA) is 55.8 Å². The molecule has 8 heteroatoms. The molecule has 0 aliphatic carbocycles. The number of nitrogens with zero attached hydrogens (tertiary/aromatic N) is 1. The number of halogens is 1. The number of carbonyl (C=O) groups excluding carboxylic acids is 2. The minimum Gasteiger partial charge on any atom is -0.488 e. The van der Waals surface area contributed by atoms with Gasteiger partial charge in [-0.1, -0.05) is 65.9 Å². The van der Waals surface area contributed by atoms with Crippen LogP contribution in [0.2, 0.25) is 5.02 Å². The third kappa shape index (κ3) is 5.84. The van der Waals surface area contributed by atoms with Crippen LogP contribution in [0.4, 0.5) is 0 Å². The average Bonchev–Trinajstić information content (AvgIpc) is 3.01. The second-order valence-electron chi connectivity index (χ2n) is 6.47. The number of rotatable bonds is 8. The number of para-hydroxylation sites is 1. The molecule has 1 fully saturated rings. The first-order chi connectivity index (χ1) is 14.5. The van der Waals surface area contributed by atoms with Crippen molar-refractivity contribution < 1.29 is 19.1 Å². The predicted octanol–water partition coefficient (Wildman–Crippen LogP) is 5.07. The Bertz CT molecular complexity index is 975. The summed E-state index contributed by atoms with van der Waals surface area (Å²) >= 11 is 12.5. The van der Waals surface area contributed by atoms with Gasteiger partial charge in [-0.05, 0) is 36.3 Å². The molecule has 0 spiro atoms. The van der Waals surface area contributed by atoms with Gasteiger partial charge in [0.05, 0.1) is 12.0 Å². The summed E-state index contributed by atoms with van der Waals surface area (Å²) in [5.41, 5.74) is 1.78. The van der Waals surface area contributed by atoms with Crippen LogP contribution in [-0.4, -0.2) is 34.8 Å². The normalized spacial score (nSPS) is 15.0. The Morgan fingerprint density at radius 2 is 1.93 bits per heavy atom. The van der Waals surface area contributed by atoms with Gasteiger partial charge in [-0.2, -0.15) is 0 Å². The van der Waals surface area contributed by atoms with Gasteiger partial charge in [0.15, 0.2) is 0 Å². The highest BCUT2D eigenvalue weighted by Crippen LogP contribution is 2.34. The van der Waals surface area contributed by atoms with E-state index in [2.05, 4.69) is 4.74 Å². The third-order valence-electron chi connectivity index (χ3n) is 4.38. The van der Waals surface area contributed by atoms with Crippen LogP contribution in [0.5, 0.6) is 5.75 Å². The van der Waals surface area contributed by atoms with Gasteiger partial charge >= 0.3 is 5.97 Å². The minimum absolute atomic E-state index is 0.164. The Labute approximate surface area is 190 Å². The number of thioether (sulfide) groups is 1. The zero-order valence-electron chi connectivity index (χ0n) is 16.3. The van der Waals surface area contributed by atoms with Gasteiger partial charge in [-0.3, -0.25) is 14.5 Å². The maximum Gasteiger partial charge on any atom is 0.305 e. The van der Waals surface area contributed by atoms with Gasteiger partial charge in [-0.15, -0.1) is 0 Å². The van der Waals surface area contributed by atoms with Crippen molar-refractivity contribution in [2.24, 2.45) is 0 Å². The highest BCUT2D eigenvalue weighted by molar-refractivity contribution is 8.26. The summed E-state index contributed by atoms with van der Waals surface area (Å²) in [6.07, 6.45) is 2.53. The molecular weight excluding hydrogens is 442 g/mol. The fourth-order valence-corrected chi connectivity index (χ4v) is 4.22. The first kappa shape index (κ1) is 22.3. The molecule has 0 N–H and O–H groups in total. The Morgan fingerprint density at radius 1 is 1.20 bits per heavy atom. The third-order valence-corrected chi connectivity index (χ3v) is 6.01. The molecule has 2 aromatic rings. The standard InChI is InChI=1S/C22H20ClNO4S2/c1-27-20(25)7-4-12-24-21(26)19(30-22(24)29)13-16-5-2-3-6-18(16)28-14-15-8-10-17(23)11-9-15/h2-3,5-6,8-11,13H,4,7,12,14H2,1H3/b19-13+. The fraction of sp³-hybridized carbons (Fsp3) is 0.227. The number of methoxy groups -OCH3 is 1. The number of benzene rings is 2. The van der Waals surface area contributed by atoms with Crippen molar-refractivity contribution in [2.75, 3.05) is 13.7 Å². The lowest BCUT2D eigenvalue weighted by atomic mass is 10.1. The molecular formula is C22H20ClNO4S2. The quantitative estimate of drug-likeness (QED) is 0.310. The van der Waals surface area contributed by atoms with Gasteiger partial charge in [0.1, 0.15) is 16.7 Å². The van der Waals surface area contributed by atoms with Gasteiger partial charge in [0.25, 0.3) is 5.91 Å². The molecule has 2 aromatic carbocycles. The van der Waals surface area contributed by atoms with Gasteiger partial charge in [0, 0.05) is 23.6 Å². The van der Waals surface area contributed by atoms with Gasteiger partial charge in [-0.25, -0.2) is 0 Å². The van der Waals surface area contributed by atoms with E-state index >= 15 is 0 Å². The molecule has 0 unspecified atom stereocenters. The van der Waals surface area contributed by atoms with Crippen molar-refractivity contribution in [2.45, 2.75) is 19.4 Å². The molecule has 0 saturated carbocycles. The molecule has 1 aliphatic heterocycles. The van der Waals surface area contributed by atoms with E-state index in [1.807, 2.05) is 48.5 Å². The van der Waals surface area contributed by atoms with E-state index in [1.54, 1.807) is 6.08 Å². The SMILES string of the molecule is COC(=O)CCCN1C(=O)/C(=C\c2ccccc2OCc2ccc(Cl)cc2)SC1=S. The lowest BCUT2D eigenvalue weighted by Gasteiger charge is -2.13. The lowest BCUT2D eigenvalue weighted by molar-refractivity contribution is -0.141. The Hall–Kier alpha value is -2.35. The average molecular weight is 462 g/mol. The first-order valence-electron chi connectivity index (χ1n) is 9.26. The van der Waals surface area contributed by atoms with Crippen LogP contribution in [0.15, 0.2) is 53.4 Å².